The highest BCUT2D eigenvalue weighted by Gasteiger charge is 2.16. The van der Waals surface area contributed by atoms with Gasteiger partial charge in [-0.25, -0.2) is 4.99 Å². The minimum Gasteiger partial charge on any atom is -0.506 e. The summed E-state index contributed by atoms with van der Waals surface area (Å²) in [5.74, 6) is 0.216. The monoisotopic (exact) mass is 287 g/mol. The van der Waals surface area contributed by atoms with Gasteiger partial charge in [-0.15, -0.1) is 0 Å². The average Bonchev–Trinajstić information content (AvgIpc) is 2.95. The Bertz CT molecular complexity index is 898. The summed E-state index contributed by atoms with van der Waals surface area (Å²) in [6, 6.07) is 18.1. The van der Waals surface area contributed by atoms with E-state index in [1.54, 1.807) is 6.07 Å². The predicted molar refractivity (Wildman–Crippen MR) is 91.3 cm³/mol. The Balaban J connectivity index is 1.90. The molecule has 0 saturated heterocycles. The van der Waals surface area contributed by atoms with Gasteiger partial charge in [-0.3, -0.25) is 0 Å². The third-order valence-corrected chi connectivity index (χ3v) is 4.44. The van der Waals surface area contributed by atoms with Gasteiger partial charge in [0.15, 0.2) is 0 Å². The predicted octanol–water partition coefficient (Wildman–Crippen LogP) is 4.78. The van der Waals surface area contributed by atoms with Crippen molar-refractivity contribution in [2.24, 2.45) is 4.99 Å². The second-order valence-electron chi connectivity index (χ2n) is 5.80. The molecule has 0 radical (unpaired) electrons. The number of para-hydroxylation sites is 2. The fourth-order valence-corrected chi connectivity index (χ4v) is 3.36. The molecule has 2 heteroatoms. The van der Waals surface area contributed by atoms with E-state index in [9.17, 15) is 5.11 Å². The van der Waals surface area contributed by atoms with E-state index in [4.69, 9.17) is 0 Å². The minimum absolute atomic E-state index is 0.216. The van der Waals surface area contributed by atoms with Crippen molar-refractivity contribution in [1.29, 1.82) is 0 Å². The average molecular weight is 287 g/mol. The largest absolute Gasteiger partial charge is 0.506 e. The quantitative estimate of drug-likeness (QED) is 0.676. The van der Waals surface area contributed by atoms with Gasteiger partial charge in [0.25, 0.3) is 0 Å². The van der Waals surface area contributed by atoms with Crippen LogP contribution in [0.4, 0.5) is 5.69 Å². The summed E-state index contributed by atoms with van der Waals surface area (Å²) >= 11 is 0. The smallest absolute Gasteiger partial charge is 0.141 e. The van der Waals surface area contributed by atoms with Crippen LogP contribution < -0.4 is 0 Å². The summed E-state index contributed by atoms with van der Waals surface area (Å²) in [7, 11) is 0. The van der Waals surface area contributed by atoms with Gasteiger partial charge >= 0.3 is 0 Å². The lowest BCUT2D eigenvalue weighted by molar-refractivity contribution is 0.477. The molecule has 1 N–H and O–H groups in total. The number of phenolic OH excluding ortho intramolecular Hbond substituents is 1. The lowest BCUT2D eigenvalue weighted by Gasteiger charge is -2.09. The molecule has 0 heterocycles. The lowest BCUT2D eigenvalue weighted by atomic mass is 9.97. The van der Waals surface area contributed by atoms with Crippen molar-refractivity contribution < 1.29 is 5.11 Å². The molecule has 0 aromatic heterocycles. The summed E-state index contributed by atoms with van der Waals surface area (Å²) in [6.07, 6.45) is 2.26. The number of benzene rings is 3. The second kappa shape index (κ2) is 4.99. The molecular formula is C20H17NO. The molecule has 3 aromatic rings. The van der Waals surface area contributed by atoms with Gasteiger partial charge in [-0.05, 0) is 53.8 Å². The van der Waals surface area contributed by atoms with Crippen LogP contribution in [0, 0.1) is 0 Å². The maximum absolute atomic E-state index is 9.91. The number of phenols is 1. The zero-order valence-electron chi connectivity index (χ0n) is 12.5. The normalized spacial score (nSPS) is 13.8. The van der Waals surface area contributed by atoms with Crippen LogP contribution in [-0.2, 0) is 12.8 Å². The van der Waals surface area contributed by atoms with Crippen LogP contribution in [0.5, 0.6) is 5.75 Å². The molecule has 22 heavy (non-hydrogen) atoms. The summed E-state index contributed by atoms with van der Waals surface area (Å²) < 4.78 is 0. The number of rotatable bonds is 2. The minimum atomic E-state index is 0.216. The molecular weight excluding hydrogens is 270 g/mol. The van der Waals surface area contributed by atoms with Gasteiger partial charge < -0.3 is 5.11 Å². The molecule has 0 fully saturated rings. The van der Waals surface area contributed by atoms with Crippen LogP contribution in [0.15, 0.2) is 59.6 Å². The Labute approximate surface area is 129 Å². The van der Waals surface area contributed by atoms with Crippen molar-refractivity contribution in [1.82, 2.24) is 0 Å². The van der Waals surface area contributed by atoms with E-state index in [0.29, 0.717) is 5.69 Å². The highest BCUT2D eigenvalue weighted by Crippen LogP contribution is 2.34. The van der Waals surface area contributed by atoms with E-state index < -0.39 is 0 Å². The van der Waals surface area contributed by atoms with E-state index >= 15 is 0 Å². The van der Waals surface area contributed by atoms with Crippen molar-refractivity contribution >= 4 is 22.2 Å². The molecule has 2 nitrogen and oxygen atoms in total. The highest BCUT2D eigenvalue weighted by molar-refractivity contribution is 6.12. The first-order chi connectivity index (χ1) is 10.7. The number of hydrogen-bond donors (Lipinski definition) is 1. The van der Waals surface area contributed by atoms with Crippen LogP contribution in [0.25, 0.3) is 10.8 Å². The second-order valence-corrected chi connectivity index (χ2v) is 5.80. The number of aromatic hydroxyl groups is 1. The first-order valence-corrected chi connectivity index (χ1v) is 7.61. The van der Waals surface area contributed by atoms with Crippen LogP contribution in [0.1, 0.15) is 23.6 Å². The Hall–Kier alpha value is -2.61. The molecule has 0 atom stereocenters. The summed E-state index contributed by atoms with van der Waals surface area (Å²) in [5.41, 5.74) is 5.56. The van der Waals surface area contributed by atoms with Gasteiger partial charge in [0, 0.05) is 11.3 Å². The molecule has 0 saturated carbocycles. The molecule has 0 unspecified atom stereocenters. The van der Waals surface area contributed by atoms with Crippen molar-refractivity contribution in [3.05, 3.63) is 71.3 Å². The van der Waals surface area contributed by atoms with Crippen LogP contribution >= 0.6 is 0 Å². The van der Waals surface area contributed by atoms with Crippen LogP contribution in [0.3, 0.4) is 0 Å². The summed E-state index contributed by atoms with van der Waals surface area (Å²) in [4.78, 5) is 4.63. The highest BCUT2D eigenvalue weighted by atomic mass is 16.3. The molecule has 108 valence electrons. The fraction of sp³-hybridized carbons (Fsp3) is 0.150. The fourth-order valence-electron chi connectivity index (χ4n) is 3.36. The Kier molecular flexibility index (Phi) is 2.97. The molecule has 0 aliphatic heterocycles. The number of aliphatic imine (C=N–C) groups is 1. The van der Waals surface area contributed by atoms with Crippen LogP contribution in [0.2, 0.25) is 0 Å². The van der Waals surface area contributed by atoms with Gasteiger partial charge in [-0.2, -0.15) is 0 Å². The number of hydrogen-bond acceptors (Lipinski definition) is 2. The summed E-state index contributed by atoms with van der Waals surface area (Å²) in [5, 5.41) is 12.6. The van der Waals surface area contributed by atoms with Gasteiger partial charge in [0.1, 0.15) is 11.4 Å². The molecule has 0 amide bonds. The Morgan fingerprint density at radius 3 is 2.50 bits per heavy atom. The van der Waals surface area contributed by atoms with Crippen molar-refractivity contribution in [3.8, 4) is 5.75 Å². The van der Waals surface area contributed by atoms with E-state index in [1.807, 2.05) is 25.1 Å². The maximum atomic E-state index is 9.91. The molecule has 4 rings (SSSR count). The van der Waals surface area contributed by atoms with E-state index in [-0.39, 0.29) is 5.75 Å². The van der Waals surface area contributed by atoms with Crippen molar-refractivity contribution in [2.45, 2.75) is 19.8 Å². The third-order valence-electron chi connectivity index (χ3n) is 4.44. The van der Waals surface area contributed by atoms with Crippen molar-refractivity contribution in [2.75, 3.05) is 0 Å². The molecule has 0 bridgehead atoms. The zero-order chi connectivity index (χ0) is 15.1. The number of nitrogens with zero attached hydrogens (tertiary/aromatic N) is 1. The van der Waals surface area contributed by atoms with Crippen molar-refractivity contribution in [3.63, 3.8) is 0 Å². The first-order valence-electron chi connectivity index (χ1n) is 7.61. The van der Waals surface area contributed by atoms with Crippen LogP contribution in [-0.4, -0.2) is 10.8 Å². The maximum Gasteiger partial charge on any atom is 0.141 e. The first kappa shape index (κ1) is 13.1. The van der Waals surface area contributed by atoms with E-state index in [1.165, 1.54) is 21.9 Å². The standard InChI is InChI=1S/C20H17NO/c1-13(21-18-7-2-3-8-19(18)22)16-12-11-15-10-9-14-5-4-6-17(16)20(14)15/h2-8,11-12,22H,9-10H2,1H3. The summed E-state index contributed by atoms with van der Waals surface area (Å²) in [6.45, 7) is 2.01. The zero-order valence-corrected chi connectivity index (χ0v) is 12.5. The topological polar surface area (TPSA) is 32.6 Å². The SMILES string of the molecule is CC(=Nc1ccccc1O)c1ccc2c3c(cccc13)CC2. The van der Waals surface area contributed by atoms with Gasteiger partial charge in [-0.1, -0.05) is 42.5 Å². The molecule has 3 aromatic carbocycles. The van der Waals surface area contributed by atoms with Gasteiger partial charge in [0.05, 0.1) is 0 Å². The molecule has 0 spiro atoms. The Morgan fingerprint density at radius 2 is 1.68 bits per heavy atom. The third kappa shape index (κ3) is 2.00. The van der Waals surface area contributed by atoms with E-state index in [2.05, 4.69) is 35.3 Å². The molecule has 1 aliphatic carbocycles. The van der Waals surface area contributed by atoms with Gasteiger partial charge in [0.2, 0.25) is 0 Å². The van der Waals surface area contributed by atoms with E-state index in [0.717, 1.165) is 24.1 Å². The molecule has 1 aliphatic rings. The number of aryl methyl sites for hydroxylation is 2. The Morgan fingerprint density at radius 1 is 0.909 bits per heavy atom. The lowest BCUT2D eigenvalue weighted by Crippen LogP contribution is -1.96.